The summed E-state index contributed by atoms with van der Waals surface area (Å²) in [7, 11) is 0. The van der Waals surface area contributed by atoms with Crippen molar-refractivity contribution < 1.29 is 9.59 Å². The average Bonchev–Trinajstić information content (AvgIpc) is 3.16. The molecule has 0 aliphatic carbocycles. The van der Waals surface area contributed by atoms with Crippen molar-refractivity contribution in [1.29, 1.82) is 0 Å². The number of anilines is 1. The van der Waals surface area contributed by atoms with Crippen molar-refractivity contribution in [3.05, 3.63) is 29.8 Å². The molecule has 2 heterocycles. The van der Waals surface area contributed by atoms with Crippen molar-refractivity contribution in [2.24, 2.45) is 5.92 Å². The van der Waals surface area contributed by atoms with E-state index in [-0.39, 0.29) is 17.9 Å². The van der Waals surface area contributed by atoms with Crippen molar-refractivity contribution in [1.82, 2.24) is 9.80 Å². The summed E-state index contributed by atoms with van der Waals surface area (Å²) in [4.78, 5) is 28.9. The van der Waals surface area contributed by atoms with E-state index in [4.69, 9.17) is 0 Å². The van der Waals surface area contributed by atoms with Crippen LogP contribution in [0.1, 0.15) is 38.2 Å². The Bertz CT molecular complexity index is 596. The van der Waals surface area contributed by atoms with E-state index in [9.17, 15) is 9.59 Å². The van der Waals surface area contributed by atoms with Crippen molar-refractivity contribution in [3.8, 4) is 0 Å². The van der Waals surface area contributed by atoms with Crippen LogP contribution in [-0.2, 0) is 11.2 Å². The fraction of sp³-hybridized carbons (Fsp3) is 0.579. The number of benzene rings is 1. The summed E-state index contributed by atoms with van der Waals surface area (Å²) in [6.07, 6.45) is 4.88. The van der Waals surface area contributed by atoms with Gasteiger partial charge in [0, 0.05) is 31.9 Å². The lowest BCUT2D eigenvalue weighted by atomic mass is 9.97. The third-order valence-electron chi connectivity index (χ3n) is 5.04. The Labute approximate surface area is 144 Å². The summed E-state index contributed by atoms with van der Waals surface area (Å²) in [6, 6.07) is 8.09. The Balaban J connectivity index is 1.59. The van der Waals surface area contributed by atoms with Crippen LogP contribution >= 0.6 is 0 Å². The van der Waals surface area contributed by atoms with Gasteiger partial charge in [0.1, 0.15) is 0 Å². The van der Waals surface area contributed by atoms with E-state index in [1.54, 1.807) is 0 Å². The number of amides is 3. The van der Waals surface area contributed by atoms with Crippen LogP contribution in [0.25, 0.3) is 0 Å². The first-order valence-corrected chi connectivity index (χ1v) is 9.11. The topological polar surface area (TPSA) is 52.7 Å². The third kappa shape index (κ3) is 3.89. The maximum atomic E-state index is 12.6. The minimum Gasteiger partial charge on any atom is -0.326 e. The molecule has 1 aromatic carbocycles. The van der Waals surface area contributed by atoms with Crippen LogP contribution in [0.2, 0.25) is 0 Å². The number of urea groups is 1. The molecule has 24 heavy (non-hydrogen) atoms. The monoisotopic (exact) mass is 329 g/mol. The minimum absolute atomic E-state index is 0.0298. The first kappa shape index (κ1) is 16.8. The molecule has 0 radical (unpaired) electrons. The predicted octanol–water partition coefficient (Wildman–Crippen LogP) is 3.12. The van der Waals surface area contributed by atoms with Crippen LogP contribution in [0.5, 0.6) is 0 Å². The summed E-state index contributed by atoms with van der Waals surface area (Å²) in [5, 5.41) is 3.02. The largest absolute Gasteiger partial charge is 0.326 e. The van der Waals surface area contributed by atoms with Gasteiger partial charge in [-0.1, -0.05) is 19.1 Å². The number of nitrogens with zero attached hydrogens (tertiary/aromatic N) is 2. The zero-order valence-corrected chi connectivity index (χ0v) is 14.5. The number of likely N-dealkylation sites (tertiary alicyclic amines) is 2. The number of carbonyl (C=O) groups excluding carboxylic acids is 2. The van der Waals surface area contributed by atoms with Crippen LogP contribution in [0.3, 0.4) is 0 Å². The lowest BCUT2D eigenvalue weighted by Gasteiger charge is -2.34. The zero-order valence-electron chi connectivity index (χ0n) is 14.5. The summed E-state index contributed by atoms with van der Waals surface area (Å²) < 4.78 is 0. The molecule has 2 aliphatic rings. The molecule has 5 heteroatoms. The quantitative estimate of drug-likeness (QED) is 0.926. The second kappa shape index (κ2) is 7.69. The third-order valence-corrected chi connectivity index (χ3v) is 5.04. The molecule has 0 saturated carbocycles. The Morgan fingerprint density at radius 1 is 1.12 bits per heavy atom. The maximum Gasteiger partial charge on any atom is 0.320 e. The molecule has 2 aliphatic heterocycles. The van der Waals surface area contributed by atoms with E-state index in [2.05, 4.69) is 18.3 Å². The molecule has 3 rings (SSSR count). The van der Waals surface area contributed by atoms with Gasteiger partial charge in [-0.3, -0.25) is 4.79 Å². The summed E-state index contributed by atoms with van der Waals surface area (Å²) in [5.74, 6) is -0.0854. The molecule has 5 nitrogen and oxygen atoms in total. The van der Waals surface area contributed by atoms with E-state index >= 15 is 0 Å². The van der Waals surface area contributed by atoms with Crippen LogP contribution in [0.15, 0.2) is 24.3 Å². The maximum absolute atomic E-state index is 12.6. The van der Waals surface area contributed by atoms with E-state index in [1.807, 2.05) is 28.0 Å². The second-order valence-electron chi connectivity index (χ2n) is 6.81. The van der Waals surface area contributed by atoms with Gasteiger partial charge in [0.15, 0.2) is 0 Å². The molecule has 1 unspecified atom stereocenters. The molecule has 2 saturated heterocycles. The summed E-state index contributed by atoms with van der Waals surface area (Å²) >= 11 is 0. The Morgan fingerprint density at radius 2 is 1.88 bits per heavy atom. The number of nitrogens with one attached hydrogen (secondary N) is 1. The molecule has 2 fully saturated rings. The first-order chi connectivity index (χ1) is 11.7. The normalized spacial score (nSPS) is 21.0. The van der Waals surface area contributed by atoms with E-state index in [1.165, 1.54) is 5.56 Å². The van der Waals surface area contributed by atoms with Gasteiger partial charge in [-0.15, -0.1) is 0 Å². The van der Waals surface area contributed by atoms with E-state index < -0.39 is 0 Å². The average molecular weight is 329 g/mol. The minimum atomic E-state index is -0.115. The number of carbonyl (C=O) groups is 2. The van der Waals surface area contributed by atoms with Crippen LogP contribution in [0.4, 0.5) is 10.5 Å². The number of rotatable bonds is 3. The summed E-state index contributed by atoms with van der Waals surface area (Å²) in [5.41, 5.74) is 2.06. The van der Waals surface area contributed by atoms with E-state index in [0.29, 0.717) is 6.54 Å². The molecule has 3 amide bonds. The van der Waals surface area contributed by atoms with Crippen molar-refractivity contribution >= 4 is 17.6 Å². The Morgan fingerprint density at radius 3 is 2.62 bits per heavy atom. The highest BCUT2D eigenvalue weighted by Gasteiger charge is 2.31. The highest BCUT2D eigenvalue weighted by Crippen LogP contribution is 2.21. The van der Waals surface area contributed by atoms with Crippen molar-refractivity contribution in [3.63, 3.8) is 0 Å². The molecule has 0 aromatic heterocycles. The van der Waals surface area contributed by atoms with Gasteiger partial charge in [-0.2, -0.15) is 0 Å². The molecule has 0 bridgehead atoms. The highest BCUT2D eigenvalue weighted by molar-refractivity contribution is 5.93. The Hall–Kier alpha value is -2.04. The van der Waals surface area contributed by atoms with Gasteiger partial charge in [0.05, 0.1) is 5.92 Å². The molecule has 1 N–H and O–H groups in total. The lowest BCUT2D eigenvalue weighted by Crippen LogP contribution is -2.48. The molecular formula is C19H27N3O2. The molecule has 1 atom stereocenters. The standard InChI is InChI=1S/C19H27N3O2/c1-2-15-7-5-9-17(13-15)20-18(23)16-8-6-12-22(14-16)19(24)21-10-3-4-11-21/h5,7,9,13,16H,2-4,6,8,10-12,14H2,1H3,(H,20,23). The van der Waals surface area contributed by atoms with Crippen molar-refractivity contribution in [2.75, 3.05) is 31.5 Å². The van der Waals surface area contributed by atoms with Gasteiger partial charge >= 0.3 is 6.03 Å². The van der Waals surface area contributed by atoms with Crippen molar-refractivity contribution in [2.45, 2.75) is 39.0 Å². The highest BCUT2D eigenvalue weighted by atomic mass is 16.2. The number of piperidine rings is 1. The zero-order chi connectivity index (χ0) is 16.9. The van der Waals surface area contributed by atoms with Crippen LogP contribution < -0.4 is 5.32 Å². The summed E-state index contributed by atoms with van der Waals surface area (Å²) in [6.45, 7) is 5.12. The Kier molecular flexibility index (Phi) is 5.38. The molecule has 0 spiro atoms. The fourth-order valence-electron chi connectivity index (χ4n) is 3.59. The number of aryl methyl sites for hydroxylation is 1. The molecule has 130 valence electrons. The van der Waals surface area contributed by atoms with Gasteiger partial charge in [-0.05, 0) is 49.8 Å². The van der Waals surface area contributed by atoms with Gasteiger partial charge in [0.25, 0.3) is 0 Å². The van der Waals surface area contributed by atoms with E-state index in [0.717, 1.165) is 57.4 Å². The van der Waals surface area contributed by atoms with Gasteiger partial charge < -0.3 is 15.1 Å². The van der Waals surface area contributed by atoms with Crippen LogP contribution in [0, 0.1) is 5.92 Å². The fourth-order valence-corrected chi connectivity index (χ4v) is 3.59. The second-order valence-corrected chi connectivity index (χ2v) is 6.81. The van der Waals surface area contributed by atoms with Crippen LogP contribution in [-0.4, -0.2) is 47.9 Å². The molecular weight excluding hydrogens is 302 g/mol. The first-order valence-electron chi connectivity index (χ1n) is 9.11. The number of hydrogen-bond donors (Lipinski definition) is 1. The SMILES string of the molecule is CCc1cccc(NC(=O)C2CCCN(C(=O)N3CCCC3)C2)c1. The van der Waals surface area contributed by atoms with Gasteiger partial charge in [0.2, 0.25) is 5.91 Å². The number of hydrogen-bond acceptors (Lipinski definition) is 2. The molecule has 1 aromatic rings. The lowest BCUT2D eigenvalue weighted by molar-refractivity contribution is -0.121. The predicted molar refractivity (Wildman–Crippen MR) is 94.9 cm³/mol. The van der Waals surface area contributed by atoms with Gasteiger partial charge in [-0.25, -0.2) is 4.79 Å². The smallest absolute Gasteiger partial charge is 0.320 e.